The number of carbonyl (C=O) groups is 1. The quantitative estimate of drug-likeness (QED) is 0.298. The van der Waals surface area contributed by atoms with Crippen LogP contribution < -0.4 is 15.5 Å². The number of rotatable bonds is 6. The van der Waals surface area contributed by atoms with Crippen LogP contribution in [0.1, 0.15) is 11.1 Å². The molecule has 0 spiro atoms. The number of nitrogens with one attached hydrogen (secondary N) is 2. The van der Waals surface area contributed by atoms with Crippen molar-refractivity contribution >= 4 is 39.7 Å². The molecule has 11 nitrogen and oxygen atoms in total. The number of anilines is 3. The Labute approximate surface area is 243 Å². The molecule has 2 aliphatic heterocycles. The van der Waals surface area contributed by atoms with Gasteiger partial charge in [0.1, 0.15) is 15.8 Å². The van der Waals surface area contributed by atoms with Crippen LogP contribution in [0.5, 0.6) is 0 Å². The summed E-state index contributed by atoms with van der Waals surface area (Å²) in [7, 11) is 0. The Bertz CT molecular complexity index is 1770. The van der Waals surface area contributed by atoms with Gasteiger partial charge >= 0.3 is 6.01 Å². The number of nitrogens with zero attached hydrogens (tertiary/aromatic N) is 6. The molecule has 210 valence electrons. The Morgan fingerprint density at radius 1 is 1.00 bits per heavy atom. The molecular weight excluding hydrogens is 559 g/mol. The first-order valence-corrected chi connectivity index (χ1v) is 14.0. The van der Waals surface area contributed by atoms with Gasteiger partial charge in [0.25, 0.3) is 11.8 Å². The minimum atomic E-state index is -1.05. The highest BCUT2D eigenvalue weighted by Crippen LogP contribution is 2.40. The van der Waals surface area contributed by atoms with Crippen molar-refractivity contribution in [3.8, 4) is 22.3 Å². The lowest BCUT2D eigenvalue weighted by molar-refractivity contribution is -0.116. The highest BCUT2D eigenvalue weighted by Gasteiger charge is 2.29. The molecule has 2 aliphatic rings. The summed E-state index contributed by atoms with van der Waals surface area (Å²) in [4.78, 5) is 29.1. The molecule has 3 aromatic heterocycles. The van der Waals surface area contributed by atoms with Crippen LogP contribution in [0.2, 0.25) is 0 Å². The van der Waals surface area contributed by atoms with Crippen LogP contribution in [0, 0.1) is 5.82 Å². The van der Waals surface area contributed by atoms with E-state index in [1.165, 1.54) is 17.4 Å². The fourth-order valence-corrected chi connectivity index (χ4v) is 5.81. The molecule has 0 bridgehead atoms. The molecule has 1 unspecified atom stereocenters. The molecule has 13 heteroatoms. The SMILES string of the molecule is O=C1Nc2ccccc2C(c2ccccc2)=NC1Nc1nnc(-c2nc(-c3ccc(F)cn3)sc2N2CCOCC2)o1. The van der Waals surface area contributed by atoms with E-state index in [0.29, 0.717) is 54.1 Å². The molecule has 2 aromatic carbocycles. The number of halogens is 1. The number of para-hydroxylation sites is 1. The number of amides is 1. The monoisotopic (exact) mass is 582 g/mol. The van der Waals surface area contributed by atoms with Crippen LogP contribution in [0.4, 0.5) is 21.1 Å². The summed E-state index contributed by atoms with van der Waals surface area (Å²) in [5, 5.41) is 15.7. The second kappa shape index (κ2) is 11.1. The van der Waals surface area contributed by atoms with E-state index >= 15 is 0 Å². The summed E-state index contributed by atoms with van der Waals surface area (Å²) in [5.74, 6) is -0.645. The van der Waals surface area contributed by atoms with Gasteiger partial charge in [0, 0.05) is 24.2 Å². The van der Waals surface area contributed by atoms with Gasteiger partial charge in [-0.2, -0.15) is 0 Å². The predicted molar refractivity (Wildman–Crippen MR) is 156 cm³/mol. The molecule has 1 fully saturated rings. The highest BCUT2D eigenvalue weighted by atomic mass is 32.1. The van der Waals surface area contributed by atoms with Crippen molar-refractivity contribution in [1.29, 1.82) is 0 Å². The predicted octanol–water partition coefficient (Wildman–Crippen LogP) is 4.46. The van der Waals surface area contributed by atoms with E-state index in [4.69, 9.17) is 19.1 Å². The van der Waals surface area contributed by atoms with Crippen LogP contribution in [-0.4, -0.2) is 64.3 Å². The summed E-state index contributed by atoms with van der Waals surface area (Å²) in [5.41, 5.74) is 3.95. The van der Waals surface area contributed by atoms with Crippen LogP contribution in [-0.2, 0) is 9.53 Å². The van der Waals surface area contributed by atoms with E-state index in [1.807, 2.05) is 54.6 Å². The zero-order valence-electron chi connectivity index (χ0n) is 22.0. The number of fused-ring (bicyclic) bond motifs is 1. The number of hydrogen-bond donors (Lipinski definition) is 2. The number of benzene rings is 2. The molecule has 0 saturated carbocycles. The first kappa shape index (κ1) is 25.9. The fraction of sp³-hybridized carbons (Fsp3) is 0.172. The number of carbonyl (C=O) groups excluding carboxylic acids is 1. The lowest BCUT2D eigenvalue weighted by atomic mass is 10.0. The number of benzodiazepines with no additional fused rings is 1. The van der Waals surface area contributed by atoms with Crippen molar-refractivity contribution in [1.82, 2.24) is 20.2 Å². The average Bonchev–Trinajstić information content (AvgIpc) is 3.65. The van der Waals surface area contributed by atoms with Gasteiger partial charge in [-0.25, -0.2) is 14.4 Å². The number of aliphatic imine (C=N–C) groups is 1. The fourth-order valence-electron chi connectivity index (χ4n) is 4.72. The Morgan fingerprint density at radius 2 is 1.81 bits per heavy atom. The third-order valence-electron chi connectivity index (χ3n) is 6.74. The standard InChI is InChI=1S/C29H23FN8O3S/c30-18-10-11-21(31-16-18)27-34-23(28(42-27)38-12-14-40-15-13-38)26-36-37-29(41-26)35-24-25(39)32-20-9-5-4-8-19(20)22(33-24)17-6-2-1-3-7-17/h1-11,16,24H,12-15H2,(H,32,39)(H,35,37). The molecular formula is C29H23FN8O3S. The van der Waals surface area contributed by atoms with Gasteiger partial charge in [-0.05, 0) is 18.2 Å². The van der Waals surface area contributed by atoms with Crippen LogP contribution in [0.15, 0.2) is 82.3 Å². The maximum atomic E-state index is 13.5. The Kier molecular flexibility index (Phi) is 6.85. The van der Waals surface area contributed by atoms with Crippen molar-refractivity contribution in [3.63, 3.8) is 0 Å². The normalized spacial score (nSPS) is 16.8. The number of morpholine rings is 1. The maximum Gasteiger partial charge on any atom is 0.317 e. The molecule has 0 aliphatic carbocycles. The van der Waals surface area contributed by atoms with Crippen molar-refractivity contribution in [2.45, 2.75) is 6.17 Å². The van der Waals surface area contributed by atoms with Gasteiger partial charge in [-0.1, -0.05) is 65.0 Å². The molecule has 5 heterocycles. The van der Waals surface area contributed by atoms with Gasteiger partial charge in [0.15, 0.2) is 5.69 Å². The lowest BCUT2D eigenvalue weighted by Crippen LogP contribution is -2.35. The van der Waals surface area contributed by atoms with E-state index in [2.05, 4.69) is 30.7 Å². The zero-order chi connectivity index (χ0) is 28.5. The van der Waals surface area contributed by atoms with E-state index < -0.39 is 12.0 Å². The van der Waals surface area contributed by atoms with Gasteiger partial charge in [-0.15, -0.1) is 5.10 Å². The van der Waals surface area contributed by atoms with E-state index in [0.717, 1.165) is 22.3 Å². The molecule has 1 amide bonds. The molecule has 1 saturated heterocycles. The average molecular weight is 583 g/mol. The number of thiazole rings is 1. The molecule has 42 heavy (non-hydrogen) atoms. The third kappa shape index (κ3) is 5.10. The Morgan fingerprint density at radius 3 is 2.62 bits per heavy atom. The maximum absolute atomic E-state index is 13.5. The van der Waals surface area contributed by atoms with Crippen LogP contribution >= 0.6 is 11.3 Å². The Balaban J connectivity index is 1.22. The molecule has 2 N–H and O–H groups in total. The van der Waals surface area contributed by atoms with E-state index in [1.54, 1.807) is 6.07 Å². The highest BCUT2D eigenvalue weighted by molar-refractivity contribution is 7.19. The van der Waals surface area contributed by atoms with Crippen molar-refractivity contribution in [3.05, 3.63) is 89.9 Å². The smallest absolute Gasteiger partial charge is 0.317 e. The summed E-state index contributed by atoms with van der Waals surface area (Å²) in [6, 6.07) is 20.1. The van der Waals surface area contributed by atoms with Gasteiger partial charge in [-0.3, -0.25) is 9.78 Å². The number of hydrogen-bond acceptors (Lipinski definition) is 11. The van der Waals surface area contributed by atoms with E-state index in [-0.39, 0.29) is 17.8 Å². The molecule has 5 aromatic rings. The largest absolute Gasteiger partial charge is 0.402 e. The van der Waals surface area contributed by atoms with Gasteiger partial charge in [0.2, 0.25) is 6.17 Å². The summed E-state index contributed by atoms with van der Waals surface area (Å²) < 4.78 is 25.0. The molecule has 0 radical (unpaired) electrons. The number of aromatic nitrogens is 4. The van der Waals surface area contributed by atoms with Crippen molar-refractivity contribution in [2.24, 2.45) is 4.99 Å². The summed E-state index contributed by atoms with van der Waals surface area (Å²) in [6.07, 6.45) is 0.105. The summed E-state index contributed by atoms with van der Waals surface area (Å²) in [6.45, 7) is 2.45. The molecule has 1 atom stereocenters. The Hall–Kier alpha value is -5.01. The lowest BCUT2D eigenvalue weighted by Gasteiger charge is -2.27. The topological polar surface area (TPSA) is 131 Å². The summed E-state index contributed by atoms with van der Waals surface area (Å²) >= 11 is 1.40. The first-order valence-electron chi connectivity index (χ1n) is 13.2. The zero-order valence-corrected chi connectivity index (χ0v) is 22.8. The van der Waals surface area contributed by atoms with E-state index in [9.17, 15) is 9.18 Å². The second-order valence-electron chi connectivity index (χ2n) is 9.47. The number of pyridine rings is 1. The third-order valence-corrected chi connectivity index (χ3v) is 7.87. The van der Waals surface area contributed by atoms with Crippen LogP contribution in [0.25, 0.3) is 22.3 Å². The van der Waals surface area contributed by atoms with Crippen LogP contribution in [0.3, 0.4) is 0 Å². The number of ether oxygens (including phenoxy) is 1. The molecule has 7 rings (SSSR count). The minimum absolute atomic E-state index is 0.00894. The van der Waals surface area contributed by atoms with Crippen molar-refractivity contribution < 1.29 is 18.3 Å². The van der Waals surface area contributed by atoms with Gasteiger partial charge < -0.3 is 24.7 Å². The second-order valence-corrected chi connectivity index (χ2v) is 10.4. The van der Waals surface area contributed by atoms with Gasteiger partial charge in [0.05, 0.1) is 36.5 Å². The van der Waals surface area contributed by atoms with Crippen molar-refractivity contribution in [2.75, 3.05) is 41.8 Å². The minimum Gasteiger partial charge on any atom is -0.402 e. The first-order chi connectivity index (χ1) is 20.6.